The third kappa shape index (κ3) is 4.11. The van der Waals surface area contributed by atoms with Gasteiger partial charge in [0.1, 0.15) is 18.0 Å². The van der Waals surface area contributed by atoms with E-state index in [1.807, 2.05) is 6.07 Å². The highest BCUT2D eigenvalue weighted by atomic mass is 16.5. The van der Waals surface area contributed by atoms with Crippen LogP contribution in [0.5, 0.6) is 11.5 Å². The van der Waals surface area contributed by atoms with Gasteiger partial charge < -0.3 is 19.3 Å². The minimum Gasteiger partial charge on any atom is -0.493 e. The molecule has 6 nitrogen and oxygen atoms in total. The summed E-state index contributed by atoms with van der Waals surface area (Å²) in [6.45, 7) is 2.49. The number of nitrogens with zero attached hydrogens (tertiary/aromatic N) is 4. The second-order valence-electron chi connectivity index (χ2n) is 7.22. The van der Waals surface area contributed by atoms with E-state index in [1.54, 1.807) is 20.5 Å². The maximum absolute atomic E-state index is 5.47. The van der Waals surface area contributed by atoms with Gasteiger partial charge in [-0.2, -0.15) is 0 Å². The van der Waals surface area contributed by atoms with Crippen LogP contribution in [0, 0.1) is 0 Å². The van der Waals surface area contributed by atoms with Crippen molar-refractivity contribution in [2.45, 2.75) is 19.5 Å². The van der Waals surface area contributed by atoms with Gasteiger partial charge in [-0.1, -0.05) is 30.3 Å². The van der Waals surface area contributed by atoms with Crippen molar-refractivity contribution in [1.29, 1.82) is 0 Å². The zero-order valence-electron chi connectivity index (χ0n) is 17.1. The van der Waals surface area contributed by atoms with Crippen LogP contribution in [0.1, 0.15) is 16.7 Å². The molecular weight excluding hydrogens is 364 g/mol. The van der Waals surface area contributed by atoms with Crippen LogP contribution in [0.4, 0.5) is 11.6 Å². The first-order chi connectivity index (χ1) is 14.2. The largest absolute Gasteiger partial charge is 0.493 e. The van der Waals surface area contributed by atoms with Gasteiger partial charge in [0.25, 0.3) is 0 Å². The standard InChI is InChI=1S/C23H26N4O2/c1-26(14-17-7-5-4-6-8-17)22-13-23(25-16-24-22)27-10-9-18-11-20(28-2)21(29-3)12-19(18)15-27/h4-8,11-13,16H,9-10,14-15H2,1-3H3. The molecule has 29 heavy (non-hydrogen) atoms. The van der Waals surface area contributed by atoms with Crippen molar-refractivity contribution in [3.8, 4) is 11.5 Å². The molecular formula is C23H26N4O2. The third-order valence-corrected chi connectivity index (χ3v) is 5.33. The van der Waals surface area contributed by atoms with E-state index in [2.05, 4.69) is 69.3 Å². The molecule has 0 amide bonds. The van der Waals surface area contributed by atoms with E-state index in [4.69, 9.17) is 9.47 Å². The summed E-state index contributed by atoms with van der Waals surface area (Å²) in [5, 5.41) is 0. The monoisotopic (exact) mass is 390 g/mol. The average Bonchev–Trinajstić information content (AvgIpc) is 2.78. The molecule has 3 aromatic rings. The summed E-state index contributed by atoms with van der Waals surface area (Å²) in [7, 11) is 5.40. The maximum Gasteiger partial charge on any atom is 0.161 e. The second-order valence-corrected chi connectivity index (χ2v) is 7.22. The molecule has 0 aliphatic carbocycles. The van der Waals surface area contributed by atoms with Crippen LogP contribution in [0.15, 0.2) is 54.9 Å². The lowest BCUT2D eigenvalue weighted by Gasteiger charge is -2.31. The van der Waals surface area contributed by atoms with Crippen molar-refractivity contribution in [2.24, 2.45) is 0 Å². The molecule has 1 aliphatic rings. The predicted molar refractivity (Wildman–Crippen MR) is 115 cm³/mol. The number of anilines is 2. The lowest BCUT2D eigenvalue weighted by atomic mass is 9.99. The number of benzene rings is 2. The smallest absolute Gasteiger partial charge is 0.161 e. The van der Waals surface area contributed by atoms with Crippen molar-refractivity contribution >= 4 is 11.6 Å². The summed E-state index contributed by atoms with van der Waals surface area (Å²) < 4.78 is 10.9. The lowest BCUT2D eigenvalue weighted by Crippen LogP contribution is -2.31. The Bertz CT molecular complexity index is 978. The van der Waals surface area contributed by atoms with Crippen LogP contribution in [-0.2, 0) is 19.5 Å². The van der Waals surface area contributed by atoms with Gasteiger partial charge in [-0.15, -0.1) is 0 Å². The Morgan fingerprint density at radius 3 is 2.41 bits per heavy atom. The molecule has 0 fully saturated rings. The zero-order chi connectivity index (χ0) is 20.2. The number of rotatable bonds is 6. The van der Waals surface area contributed by atoms with Gasteiger partial charge in [0.2, 0.25) is 0 Å². The van der Waals surface area contributed by atoms with E-state index in [0.717, 1.165) is 49.2 Å². The molecule has 0 unspecified atom stereocenters. The van der Waals surface area contributed by atoms with Crippen molar-refractivity contribution in [3.05, 3.63) is 71.5 Å². The Hall–Kier alpha value is -3.28. The molecule has 0 N–H and O–H groups in total. The molecule has 1 aromatic heterocycles. The molecule has 0 atom stereocenters. The summed E-state index contributed by atoms with van der Waals surface area (Å²) in [6.07, 6.45) is 2.59. The summed E-state index contributed by atoms with van der Waals surface area (Å²) >= 11 is 0. The first-order valence-corrected chi connectivity index (χ1v) is 9.73. The van der Waals surface area contributed by atoms with Gasteiger partial charge in [0.05, 0.1) is 14.2 Å². The molecule has 6 heteroatoms. The van der Waals surface area contributed by atoms with E-state index < -0.39 is 0 Å². The third-order valence-electron chi connectivity index (χ3n) is 5.33. The van der Waals surface area contributed by atoms with E-state index in [-0.39, 0.29) is 0 Å². The number of hydrogen-bond acceptors (Lipinski definition) is 6. The van der Waals surface area contributed by atoms with Crippen molar-refractivity contribution < 1.29 is 9.47 Å². The SMILES string of the molecule is COc1cc2c(cc1OC)CN(c1cc(N(C)Cc3ccccc3)ncn1)CC2. The average molecular weight is 390 g/mol. The minimum absolute atomic E-state index is 0.763. The van der Waals surface area contributed by atoms with Crippen LogP contribution in [-0.4, -0.2) is 37.8 Å². The van der Waals surface area contributed by atoms with Gasteiger partial charge in [0, 0.05) is 32.7 Å². The number of hydrogen-bond donors (Lipinski definition) is 0. The highest BCUT2D eigenvalue weighted by Gasteiger charge is 2.21. The summed E-state index contributed by atoms with van der Waals surface area (Å²) in [5.74, 6) is 3.40. The van der Waals surface area contributed by atoms with Gasteiger partial charge in [-0.3, -0.25) is 0 Å². The molecule has 0 bridgehead atoms. The van der Waals surface area contributed by atoms with E-state index in [0.29, 0.717) is 0 Å². The first kappa shape index (κ1) is 19.1. The van der Waals surface area contributed by atoms with Crippen molar-refractivity contribution in [3.63, 3.8) is 0 Å². The number of aromatic nitrogens is 2. The van der Waals surface area contributed by atoms with Crippen LogP contribution < -0.4 is 19.3 Å². The molecule has 1 aliphatic heterocycles. The number of fused-ring (bicyclic) bond motifs is 1. The summed E-state index contributed by atoms with van der Waals surface area (Å²) in [6, 6.07) is 16.6. The molecule has 4 rings (SSSR count). The zero-order valence-corrected chi connectivity index (χ0v) is 17.1. The number of ether oxygens (including phenoxy) is 2. The maximum atomic E-state index is 5.47. The predicted octanol–water partition coefficient (Wildman–Crippen LogP) is 3.69. The Morgan fingerprint density at radius 2 is 1.69 bits per heavy atom. The second kappa shape index (κ2) is 8.39. The molecule has 0 saturated carbocycles. The molecule has 2 aromatic carbocycles. The normalized spacial score (nSPS) is 13.0. The van der Waals surface area contributed by atoms with Gasteiger partial charge in [0.15, 0.2) is 11.5 Å². The van der Waals surface area contributed by atoms with E-state index >= 15 is 0 Å². The Labute approximate surface area is 171 Å². The highest BCUT2D eigenvalue weighted by molar-refractivity contribution is 5.54. The molecule has 0 saturated heterocycles. The Morgan fingerprint density at radius 1 is 0.966 bits per heavy atom. The van der Waals surface area contributed by atoms with Crippen LogP contribution in [0.2, 0.25) is 0 Å². The van der Waals surface area contributed by atoms with Crippen LogP contribution in [0.25, 0.3) is 0 Å². The molecule has 2 heterocycles. The topological polar surface area (TPSA) is 50.7 Å². The minimum atomic E-state index is 0.763. The van der Waals surface area contributed by atoms with Crippen molar-refractivity contribution in [1.82, 2.24) is 9.97 Å². The quantitative estimate of drug-likeness (QED) is 0.640. The lowest BCUT2D eigenvalue weighted by molar-refractivity contribution is 0.353. The van der Waals surface area contributed by atoms with E-state index in [9.17, 15) is 0 Å². The fourth-order valence-corrected chi connectivity index (χ4v) is 3.74. The molecule has 0 radical (unpaired) electrons. The molecule has 150 valence electrons. The number of methoxy groups -OCH3 is 2. The summed E-state index contributed by atoms with van der Waals surface area (Å²) in [5.41, 5.74) is 3.80. The molecule has 0 spiro atoms. The highest BCUT2D eigenvalue weighted by Crippen LogP contribution is 2.34. The van der Waals surface area contributed by atoms with E-state index in [1.165, 1.54) is 16.7 Å². The first-order valence-electron chi connectivity index (χ1n) is 9.73. The van der Waals surface area contributed by atoms with Gasteiger partial charge in [-0.25, -0.2) is 9.97 Å². The Kier molecular flexibility index (Phi) is 5.51. The van der Waals surface area contributed by atoms with Gasteiger partial charge >= 0.3 is 0 Å². The summed E-state index contributed by atoms with van der Waals surface area (Å²) in [4.78, 5) is 13.4. The van der Waals surface area contributed by atoms with Crippen LogP contribution in [0.3, 0.4) is 0 Å². The van der Waals surface area contributed by atoms with Crippen molar-refractivity contribution in [2.75, 3.05) is 37.6 Å². The fraction of sp³-hybridized carbons (Fsp3) is 0.304. The fourth-order valence-electron chi connectivity index (χ4n) is 3.74. The van der Waals surface area contributed by atoms with Gasteiger partial charge in [-0.05, 0) is 35.2 Å². The van der Waals surface area contributed by atoms with Crippen LogP contribution >= 0.6 is 0 Å². The Balaban J connectivity index is 1.53.